The molecule has 30 heavy (non-hydrogen) atoms. The first kappa shape index (κ1) is 22.2. The van der Waals surface area contributed by atoms with Crippen LogP contribution in [0.2, 0.25) is 0 Å². The van der Waals surface area contributed by atoms with Crippen LogP contribution < -0.4 is 0 Å². The highest BCUT2D eigenvalue weighted by atomic mass is 19.1. The number of piperidine rings is 1. The molecular weight excluding hydrogens is 393 g/mol. The lowest BCUT2D eigenvalue weighted by Crippen LogP contribution is -2.47. The van der Waals surface area contributed by atoms with Crippen molar-refractivity contribution in [3.8, 4) is 5.75 Å². The van der Waals surface area contributed by atoms with Crippen LogP contribution in [0.5, 0.6) is 5.75 Å². The number of aryl methyl sites for hydroxylation is 1. The Morgan fingerprint density at radius 3 is 2.47 bits per heavy atom. The predicted octanol–water partition coefficient (Wildman–Crippen LogP) is 4.20. The van der Waals surface area contributed by atoms with Crippen molar-refractivity contribution < 1.29 is 23.1 Å². The van der Waals surface area contributed by atoms with Crippen molar-refractivity contribution in [2.45, 2.75) is 44.9 Å². The molecule has 2 saturated heterocycles. The van der Waals surface area contributed by atoms with E-state index in [0.29, 0.717) is 31.6 Å². The average Bonchev–Trinajstić information content (AvgIpc) is 3.08. The Morgan fingerprint density at radius 2 is 1.83 bits per heavy atom. The van der Waals surface area contributed by atoms with Gasteiger partial charge in [0.2, 0.25) is 5.91 Å². The summed E-state index contributed by atoms with van der Waals surface area (Å²) in [6.45, 7) is 3.97. The van der Waals surface area contributed by atoms with Gasteiger partial charge in [-0.2, -0.15) is 0 Å². The van der Waals surface area contributed by atoms with E-state index in [0.717, 1.165) is 24.9 Å². The molecule has 2 heterocycles. The van der Waals surface area contributed by atoms with Gasteiger partial charge in [0.1, 0.15) is 12.0 Å². The van der Waals surface area contributed by atoms with E-state index in [2.05, 4.69) is 0 Å². The number of hydrogen-bond donors (Lipinski definition) is 1. The first-order valence-corrected chi connectivity index (χ1v) is 10.2. The Bertz CT molecular complexity index is 856. The fourth-order valence-corrected chi connectivity index (χ4v) is 3.86. The summed E-state index contributed by atoms with van der Waals surface area (Å²) in [7, 11) is 0. The Balaban J connectivity index is 0.000000269. The van der Waals surface area contributed by atoms with Gasteiger partial charge in [-0.1, -0.05) is 24.3 Å². The lowest BCUT2D eigenvalue weighted by molar-refractivity contribution is -0.133. The number of para-hydroxylation sites is 1. The van der Waals surface area contributed by atoms with Gasteiger partial charge in [0.25, 0.3) is 0 Å². The van der Waals surface area contributed by atoms with Crippen molar-refractivity contribution in [3.63, 3.8) is 0 Å². The molecule has 2 unspecified atom stereocenters. The van der Waals surface area contributed by atoms with Gasteiger partial charge in [-0.05, 0) is 62.1 Å². The van der Waals surface area contributed by atoms with E-state index >= 15 is 0 Å². The minimum absolute atomic E-state index is 0.0510. The maximum Gasteiger partial charge on any atom is 0.240 e. The molecule has 0 aliphatic carbocycles. The van der Waals surface area contributed by atoms with Crippen LogP contribution in [0, 0.1) is 18.6 Å². The maximum atomic E-state index is 13.6. The molecule has 0 saturated carbocycles. The van der Waals surface area contributed by atoms with Crippen LogP contribution in [0.3, 0.4) is 0 Å². The minimum Gasteiger partial charge on any atom is -0.505 e. The van der Waals surface area contributed by atoms with Gasteiger partial charge in [0.15, 0.2) is 11.6 Å². The summed E-state index contributed by atoms with van der Waals surface area (Å²) in [4.78, 5) is 16.3. The summed E-state index contributed by atoms with van der Waals surface area (Å²) in [5.74, 6) is -1.06. The Morgan fingerprint density at radius 1 is 1.07 bits per heavy atom. The van der Waals surface area contributed by atoms with E-state index in [1.54, 1.807) is 24.0 Å². The zero-order valence-corrected chi connectivity index (χ0v) is 17.0. The number of phenolic OH excluding ortho intramolecular Hbond substituents is 1. The largest absolute Gasteiger partial charge is 0.505 e. The predicted molar refractivity (Wildman–Crippen MR) is 109 cm³/mol. The first-order valence-electron chi connectivity index (χ1n) is 10.2. The molecule has 1 amide bonds. The second-order valence-corrected chi connectivity index (χ2v) is 7.83. The van der Waals surface area contributed by atoms with E-state index in [9.17, 15) is 18.0 Å². The van der Waals surface area contributed by atoms with Crippen molar-refractivity contribution >= 4 is 5.91 Å². The van der Waals surface area contributed by atoms with Crippen molar-refractivity contribution in [2.75, 3.05) is 19.6 Å². The monoisotopic (exact) mass is 420 g/mol. The van der Waals surface area contributed by atoms with Gasteiger partial charge in [0, 0.05) is 19.6 Å². The molecule has 2 aliphatic rings. The van der Waals surface area contributed by atoms with Crippen molar-refractivity contribution in [1.82, 2.24) is 9.80 Å². The number of carbonyl (C=O) groups excluding carboxylic acids is 1. The van der Waals surface area contributed by atoms with E-state index in [4.69, 9.17) is 5.11 Å². The molecule has 0 spiro atoms. The molecule has 0 bridgehead atoms. The number of benzene rings is 2. The van der Waals surface area contributed by atoms with E-state index in [-0.39, 0.29) is 23.5 Å². The fraction of sp³-hybridized carbons (Fsp3) is 0.435. The third-order valence-electron chi connectivity index (χ3n) is 5.57. The summed E-state index contributed by atoms with van der Waals surface area (Å²) < 4.78 is 39.2. The SMILES string of the molecule is Cc1ccc(CN2CCC(N3CCCC(F)C3)C2=O)cc1F.Oc1ccccc1F. The van der Waals surface area contributed by atoms with Gasteiger partial charge in [-0.15, -0.1) is 0 Å². The van der Waals surface area contributed by atoms with Gasteiger partial charge in [0.05, 0.1) is 6.04 Å². The first-order chi connectivity index (χ1) is 14.3. The van der Waals surface area contributed by atoms with E-state index in [1.807, 2.05) is 11.0 Å². The summed E-state index contributed by atoms with van der Waals surface area (Å²) >= 11 is 0. The Kier molecular flexibility index (Phi) is 7.37. The molecule has 4 rings (SSSR count). The zero-order valence-electron chi connectivity index (χ0n) is 17.0. The van der Waals surface area contributed by atoms with Crippen LogP contribution in [-0.2, 0) is 11.3 Å². The number of hydrogen-bond acceptors (Lipinski definition) is 3. The van der Waals surface area contributed by atoms with Gasteiger partial charge >= 0.3 is 0 Å². The van der Waals surface area contributed by atoms with Crippen molar-refractivity contribution in [3.05, 3.63) is 65.2 Å². The fourth-order valence-electron chi connectivity index (χ4n) is 3.86. The number of halogens is 3. The smallest absolute Gasteiger partial charge is 0.240 e. The average molecular weight is 420 g/mol. The van der Waals surface area contributed by atoms with Crippen LogP contribution in [-0.4, -0.2) is 52.7 Å². The summed E-state index contributed by atoms with van der Waals surface area (Å²) in [5, 5.41) is 8.54. The number of alkyl halides is 1. The topological polar surface area (TPSA) is 43.8 Å². The second kappa shape index (κ2) is 9.98. The third-order valence-corrected chi connectivity index (χ3v) is 5.57. The van der Waals surface area contributed by atoms with E-state index < -0.39 is 12.0 Å². The highest BCUT2D eigenvalue weighted by molar-refractivity contribution is 5.84. The number of rotatable bonds is 3. The number of likely N-dealkylation sites (tertiary alicyclic amines) is 2. The quantitative estimate of drug-likeness (QED) is 0.810. The lowest BCUT2D eigenvalue weighted by Gasteiger charge is -2.32. The standard InChI is InChI=1S/C17H22F2N2O.C6H5FO/c1-12-4-5-13(9-15(12)19)10-21-8-6-16(17(21)22)20-7-2-3-14(18)11-20;7-5-3-1-2-4-6(5)8/h4-5,9,14,16H,2-3,6-8,10-11H2,1H3;1-4,8H. The Hall–Kier alpha value is -2.54. The zero-order chi connectivity index (χ0) is 21.7. The van der Waals surface area contributed by atoms with Crippen LogP contribution in [0.15, 0.2) is 42.5 Å². The molecule has 2 aromatic carbocycles. The summed E-state index contributed by atoms with van der Waals surface area (Å²) in [6, 6.07) is 10.5. The molecule has 2 atom stereocenters. The number of nitrogens with zero attached hydrogens (tertiary/aromatic N) is 2. The molecule has 1 N–H and O–H groups in total. The van der Waals surface area contributed by atoms with E-state index in [1.165, 1.54) is 24.3 Å². The number of amides is 1. The Labute approximate surface area is 174 Å². The molecule has 2 aliphatic heterocycles. The molecule has 4 nitrogen and oxygen atoms in total. The molecule has 0 aromatic heterocycles. The number of carbonyl (C=O) groups is 1. The van der Waals surface area contributed by atoms with Gasteiger partial charge in [-0.25, -0.2) is 13.2 Å². The van der Waals surface area contributed by atoms with Crippen LogP contribution >= 0.6 is 0 Å². The van der Waals surface area contributed by atoms with Crippen molar-refractivity contribution in [1.29, 1.82) is 0 Å². The molecule has 7 heteroatoms. The highest BCUT2D eigenvalue weighted by Gasteiger charge is 2.37. The summed E-state index contributed by atoms with van der Waals surface area (Å²) in [5.41, 5.74) is 1.41. The number of aromatic hydroxyl groups is 1. The van der Waals surface area contributed by atoms with Gasteiger partial charge in [-0.3, -0.25) is 9.69 Å². The normalized spacial score (nSPS) is 22.0. The third kappa shape index (κ3) is 5.53. The van der Waals surface area contributed by atoms with Crippen LogP contribution in [0.25, 0.3) is 0 Å². The summed E-state index contributed by atoms with van der Waals surface area (Å²) in [6.07, 6.45) is 1.33. The van der Waals surface area contributed by atoms with Crippen molar-refractivity contribution in [2.24, 2.45) is 0 Å². The molecule has 2 fully saturated rings. The second-order valence-electron chi connectivity index (χ2n) is 7.83. The molecule has 2 aromatic rings. The number of phenols is 1. The van der Waals surface area contributed by atoms with Crippen LogP contribution in [0.4, 0.5) is 13.2 Å². The molecular formula is C23H27F3N2O2. The highest BCUT2D eigenvalue weighted by Crippen LogP contribution is 2.24. The van der Waals surface area contributed by atoms with Crippen LogP contribution in [0.1, 0.15) is 30.4 Å². The van der Waals surface area contributed by atoms with Gasteiger partial charge < -0.3 is 10.0 Å². The minimum atomic E-state index is -0.818. The maximum absolute atomic E-state index is 13.6. The lowest BCUT2D eigenvalue weighted by atomic mass is 10.1. The molecule has 0 radical (unpaired) electrons. The molecule has 162 valence electrons.